The van der Waals surface area contributed by atoms with E-state index in [9.17, 15) is 15.0 Å². The minimum absolute atomic E-state index is 0.00775. The summed E-state index contributed by atoms with van der Waals surface area (Å²) in [5.41, 5.74) is 6.09. The zero-order valence-electron chi connectivity index (χ0n) is 17.8. The quantitative estimate of drug-likeness (QED) is 0.473. The molecule has 1 aliphatic carbocycles. The van der Waals surface area contributed by atoms with Crippen LogP contribution in [0, 0.1) is 6.92 Å². The summed E-state index contributed by atoms with van der Waals surface area (Å²) in [7, 11) is 0. The molecular weight excluding hydrogens is 426 g/mol. The number of aliphatic hydroxyl groups is 2. The van der Waals surface area contributed by atoms with E-state index in [1.165, 1.54) is 11.1 Å². The van der Waals surface area contributed by atoms with Crippen LogP contribution in [0.3, 0.4) is 0 Å². The first-order valence-electron chi connectivity index (χ1n) is 10.7. The number of alkyl carbamates (subject to hydrolysis) is 1. The van der Waals surface area contributed by atoms with E-state index >= 15 is 0 Å². The van der Waals surface area contributed by atoms with Gasteiger partial charge >= 0.3 is 6.09 Å². The Labute approximate surface area is 192 Å². The first kappa shape index (κ1) is 22.3. The standard InChI is InChI=1S/C26H26ClNO4/c1-16-12-17(14-18(27)13-16)25(30)24(29)10-11-28-26(31)32-15-23-21-8-4-2-6-19(21)20-7-3-5-9-22(20)23/h2-9,12-14,23-25,29-30H,10-11,15H2,1H3,(H,28,31). The fourth-order valence-electron chi connectivity index (χ4n) is 4.29. The van der Waals surface area contributed by atoms with E-state index in [2.05, 4.69) is 29.6 Å². The monoisotopic (exact) mass is 451 g/mol. The van der Waals surface area contributed by atoms with Crippen LogP contribution in [0.25, 0.3) is 11.1 Å². The van der Waals surface area contributed by atoms with E-state index in [-0.39, 0.29) is 25.5 Å². The van der Waals surface area contributed by atoms with Gasteiger partial charge in [0.15, 0.2) is 0 Å². The lowest BCUT2D eigenvalue weighted by Crippen LogP contribution is -2.30. The molecule has 5 nitrogen and oxygen atoms in total. The van der Waals surface area contributed by atoms with Gasteiger partial charge in [-0.05, 0) is 58.9 Å². The van der Waals surface area contributed by atoms with Crippen LogP contribution in [0.5, 0.6) is 0 Å². The van der Waals surface area contributed by atoms with Crippen molar-refractivity contribution in [3.8, 4) is 11.1 Å². The van der Waals surface area contributed by atoms with Gasteiger partial charge in [0.25, 0.3) is 0 Å². The number of carbonyl (C=O) groups excluding carboxylic acids is 1. The molecule has 0 aromatic heterocycles. The Morgan fingerprint density at radius 3 is 2.28 bits per heavy atom. The number of hydrogen-bond acceptors (Lipinski definition) is 4. The van der Waals surface area contributed by atoms with Gasteiger partial charge in [-0.2, -0.15) is 0 Å². The number of nitrogens with one attached hydrogen (secondary N) is 1. The molecule has 32 heavy (non-hydrogen) atoms. The Kier molecular flexibility index (Phi) is 6.80. The number of amides is 1. The first-order chi connectivity index (χ1) is 15.4. The van der Waals surface area contributed by atoms with Gasteiger partial charge in [-0.3, -0.25) is 0 Å². The SMILES string of the molecule is Cc1cc(Cl)cc(C(O)C(O)CCNC(=O)OCC2c3ccccc3-c3ccccc32)c1. The predicted octanol–water partition coefficient (Wildman–Crippen LogP) is 4.97. The number of benzene rings is 3. The van der Waals surface area contributed by atoms with Gasteiger partial charge in [-0.15, -0.1) is 0 Å². The Morgan fingerprint density at radius 1 is 1.03 bits per heavy atom. The summed E-state index contributed by atoms with van der Waals surface area (Å²) in [4.78, 5) is 12.2. The van der Waals surface area contributed by atoms with Crippen molar-refractivity contribution in [2.24, 2.45) is 0 Å². The molecule has 0 heterocycles. The molecule has 6 heteroatoms. The highest BCUT2D eigenvalue weighted by molar-refractivity contribution is 6.30. The minimum Gasteiger partial charge on any atom is -0.449 e. The normalized spacial score (nSPS) is 14.4. The van der Waals surface area contributed by atoms with E-state index < -0.39 is 18.3 Å². The van der Waals surface area contributed by atoms with Crippen molar-refractivity contribution >= 4 is 17.7 Å². The molecule has 0 fully saturated rings. The average molecular weight is 452 g/mol. The van der Waals surface area contributed by atoms with Gasteiger partial charge in [0.05, 0.1) is 6.10 Å². The Bertz CT molecular complexity index is 1050. The Morgan fingerprint density at radius 2 is 1.66 bits per heavy atom. The first-order valence-corrected chi connectivity index (χ1v) is 11.0. The van der Waals surface area contributed by atoms with Gasteiger partial charge < -0.3 is 20.3 Å². The molecular formula is C26H26ClNO4. The fourth-order valence-corrected chi connectivity index (χ4v) is 4.59. The van der Waals surface area contributed by atoms with E-state index in [4.69, 9.17) is 16.3 Å². The van der Waals surface area contributed by atoms with Gasteiger partial charge in [-0.25, -0.2) is 4.79 Å². The minimum atomic E-state index is -1.09. The molecule has 0 bridgehead atoms. The lowest BCUT2D eigenvalue weighted by molar-refractivity contribution is 0.0136. The second kappa shape index (κ2) is 9.74. The highest BCUT2D eigenvalue weighted by Crippen LogP contribution is 2.44. The van der Waals surface area contributed by atoms with Crippen LogP contribution < -0.4 is 5.32 Å². The van der Waals surface area contributed by atoms with Gasteiger partial charge in [0.2, 0.25) is 0 Å². The van der Waals surface area contributed by atoms with Crippen LogP contribution in [-0.4, -0.2) is 35.6 Å². The molecule has 3 N–H and O–H groups in total. The predicted molar refractivity (Wildman–Crippen MR) is 125 cm³/mol. The molecule has 0 saturated carbocycles. The number of rotatable bonds is 7. The number of hydrogen-bond donors (Lipinski definition) is 3. The van der Waals surface area contributed by atoms with Crippen molar-refractivity contribution in [3.05, 3.63) is 94.0 Å². The molecule has 3 aromatic carbocycles. The van der Waals surface area contributed by atoms with Gasteiger partial charge in [0.1, 0.15) is 12.7 Å². The molecule has 2 unspecified atom stereocenters. The number of aryl methyl sites for hydroxylation is 1. The van der Waals surface area contributed by atoms with Crippen molar-refractivity contribution in [1.82, 2.24) is 5.32 Å². The van der Waals surface area contributed by atoms with E-state index in [1.54, 1.807) is 18.2 Å². The molecule has 3 aromatic rings. The van der Waals surface area contributed by atoms with Gasteiger partial charge in [0, 0.05) is 17.5 Å². The molecule has 0 saturated heterocycles. The lowest BCUT2D eigenvalue weighted by Gasteiger charge is -2.19. The van der Waals surface area contributed by atoms with E-state index in [0.29, 0.717) is 10.6 Å². The van der Waals surface area contributed by atoms with Crippen LogP contribution in [0.1, 0.15) is 40.7 Å². The van der Waals surface area contributed by atoms with E-state index in [1.807, 2.05) is 31.2 Å². The molecule has 0 spiro atoms. The van der Waals surface area contributed by atoms with Crippen molar-refractivity contribution in [2.75, 3.05) is 13.2 Å². The number of halogens is 1. The lowest BCUT2D eigenvalue weighted by atomic mass is 9.98. The van der Waals surface area contributed by atoms with Crippen LogP contribution in [0.4, 0.5) is 4.79 Å². The van der Waals surface area contributed by atoms with Gasteiger partial charge in [-0.1, -0.05) is 66.2 Å². The highest BCUT2D eigenvalue weighted by atomic mass is 35.5. The largest absolute Gasteiger partial charge is 0.449 e. The van der Waals surface area contributed by atoms with Crippen molar-refractivity contribution in [2.45, 2.75) is 31.5 Å². The summed E-state index contributed by atoms with van der Waals surface area (Å²) in [6.45, 7) is 2.27. The summed E-state index contributed by atoms with van der Waals surface area (Å²) < 4.78 is 5.49. The molecule has 0 aliphatic heterocycles. The third-order valence-corrected chi connectivity index (χ3v) is 6.04. The fraction of sp³-hybridized carbons (Fsp3) is 0.269. The summed E-state index contributed by atoms with van der Waals surface area (Å²) in [6, 6.07) is 21.5. The van der Waals surface area contributed by atoms with Crippen LogP contribution >= 0.6 is 11.6 Å². The van der Waals surface area contributed by atoms with E-state index in [0.717, 1.165) is 16.7 Å². The third kappa shape index (κ3) is 4.80. The highest BCUT2D eigenvalue weighted by Gasteiger charge is 2.29. The summed E-state index contributed by atoms with van der Waals surface area (Å²) in [6.07, 6.45) is -2.50. The second-order valence-electron chi connectivity index (χ2n) is 8.12. The molecule has 166 valence electrons. The van der Waals surface area contributed by atoms with Crippen LogP contribution in [0.15, 0.2) is 66.7 Å². The topological polar surface area (TPSA) is 78.8 Å². The maximum Gasteiger partial charge on any atom is 0.407 e. The number of carbonyl (C=O) groups is 1. The van der Waals surface area contributed by atoms with Crippen molar-refractivity contribution < 1.29 is 19.7 Å². The third-order valence-electron chi connectivity index (χ3n) is 5.82. The smallest absolute Gasteiger partial charge is 0.407 e. The Hall–Kier alpha value is -2.86. The maximum atomic E-state index is 12.2. The number of aliphatic hydroxyl groups excluding tert-OH is 2. The van der Waals surface area contributed by atoms with Crippen molar-refractivity contribution in [1.29, 1.82) is 0 Å². The molecule has 1 aliphatic rings. The zero-order valence-corrected chi connectivity index (χ0v) is 18.5. The molecule has 2 atom stereocenters. The molecule has 4 rings (SSSR count). The van der Waals surface area contributed by atoms with Crippen molar-refractivity contribution in [3.63, 3.8) is 0 Å². The maximum absolute atomic E-state index is 12.2. The summed E-state index contributed by atoms with van der Waals surface area (Å²) >= 11 is 6.03. The molecule has 1 amide bonds. The summed E-state index contributed by atoms with van der Waals surface area (Å²) in [5.74, 6) is -0.00775. The number of ether oxygens (including phenoxy) is 1. The number of fused-ring (bicyclic) bond motifs is 3. The Balaban J connectivity index is 1.29. The summed E-state index contributed by atoms with van der Waals surface area (Å²) in [5, 5.41) is 23.8. The molecule has 0 radical (unpaired) electrons. The van der Waals surface area contributed by atoms with Crippen LogP contribution in [-0.2, 0) is 4.74 Å². The van der Waals surface area contributed by atoms with Crippen LogP contribution in [0.2, 0.25) is 5.02 Å². The average Bonchev–Trinajstić information content (AvgIpc) is 3.10. The zero-order chi connectivity index (χ0) is 22.7. The second-order valence-corrected chi connectivity index (χ2v) is 8.55.